The third kappa shape index (κ3) is 2.93. The first-order valence-corrected chi connectivity index (χ1v) is 9.81. The molecule has 1 aliphatic rings. The number of fused-ring (bicyclic) bond motifs is 1. The second kappa shape index (κ2) is 6.42. The Kier molecular flexibility index (Phi) is 4.25. The van der Waals surface area contributed by atoms with E-state index in [0.717, 1.165) is 22.9 Å². The van der Waals surface area contributed by atoms with Crippen LogP contribution in [-0.4, -0.2) is 32.8 Å². The SMILES string of the molecule is Cc1nc2sc([C@@H](c3ccccc3C)[NH+]3CCC[C@H](C)C3)c(O)n2n1. The Bertz CT molecular complexity index is 900. The fraction of sp³-hybridized carbons (Fsp3) is 0.474. The molecule has 1 aliphatic heterocycles. The smallest absolute Gasteiger partial charge is 0.235 e. The molecular weight excluding hydrogens is 332 g/mol. The van der Waals surface area contributed by atoms with Gasteiger partial charge in [0.15, 0.2) is 6.04 Å². The van der Waals surface area contributed by atoms with E-state index in [9.17, 15) is 5.11 Å². The Morgan fingerprint density at radius 3 is 2.84 bits per heavy atom. The summed E-state index contributed by atoms with van der Waals surface area (Å²) in [5, 5.41) is 15.2. The maximum Gasteiger partial charge on any atom is 0.235 e. The molecule has 4 rings (SSSR count). The van der Waals surface area contributed by atoms with Crippen molar-refractivity contribution in [3.63, 3.8) is 0 Å². The van der Waals surface area contributed by atoms with Gasteiger partial charge in [-0.25, -0.2) is 4.98 Å². The highest BCUT2D eigenvalue weighted by atomic mass is 32.1. The zero-order valence-electron chi connectivity index (χ0n) is 15.0. The second-order valence-corrected chi connectivity index (χ2v) is 8.30. The summed E-state index contributed by atoms with van der Waals surface area (Å²) in [6, 6.07) is 8.68. The number of piperidine rings is 1. The molecule has 0 spiro atoms. The van der Waals surface area contributed by atoms with Crippen LogP contribution < -0.4 is 4.90 Å². The van der Waals surface area contributed by atoms with Crippen molar-refractivity contribution >= 4 is 16.3 Å². The first kappa shape index (κ1) is 16.5. The molecule has 0 aliphatic carbocycles. The largest absolute Gasteiger partial charge is 0.492 e. The van der Waals surface area contributed by atoms with E-state index >= 15 is 0 Å². The number of aromatic hydroxyl groups is 1. The minimum absolute atomic E-state index is 0.137. The Hall–Kier alpha value is -1.92. The van der Waals surface area contributed by atoms with E-state index in [4.69, 9.17) is 0 Å². The zero-order chi connectivity index (χ0) is 17.6. The number of quaternary nitrogens is 1. The third-order valence-corrected chi connectivity index (χ3v) is 6.37. The van der Waals surface area contributed by atoms with Crippen LogP contribution in [0.2, 0.25) is 0 Å². The summed E-state index contributed by atoms with van der Waals surface area (Å²) in [6.45, 7) is 8.61. The summed E-state index contributed by atoms with van der Waals surface area (Å²) in [7, 11) is 0. The number of benzene rings is 1. The highest BCUT2D eigenvalue weighted by Crippen LogP contribution is 2.36. The van der Waals surface area contributed by atoms with Gasteiger partial charge in [0, 0.05) is 11.5 Å². The van der Waals surface area contributed by atoms with Crippen molar-refractivity contribution in [1.29, 1.82) is 0 Å². The van der Waals surface area contributed by atoms with Crippen LogP contribution in [0.15, 0.2) is 24.3 Å². The molecule has 3 aromatic rings. The predicted molar refractivity (Wildman–Crippen MR) is 99.4 cm³/mol. The van der Waals surface area contributed by atoms with E-state index in [0.29, 0.717) is 11.7 Å². The van der Waals surface area contributed by atoms with Crippen molar-refractivity contribution in [2.75, 3.05) is 13.1 Å². The first-order valence-electron chi connectivity index (χ1n) is 8.99. The number of thiazole rings is 1. The zero-order valence-corrected chi connectivity index (χ0v) is 15.8. The number of hydrogen-bond donors (Lipinski definition) is 2. The maximum absolute atomic E-state index is 10.9. The molecule has 132 valence electrons. The fourth-order valence-corrected chi connectivity index (χ4v) is 5.26. The Morgan fingerprint density at radius 2 is 2.12 bits per heavy atom. The number of aromatic nitrogens is 3. The van der Waals surface area contributed by atoms with E-state index < -0.39 is 0 Å². The summed E-state index contributed by atoms with van der Waals surface area (Å²) in [5.74, 6) is 1.65. The molecule has 0 radical (unpaired) electrons. The van der Waals surface area contributed by atoms with E-state index in [1.165, 1.54) is 28.9 Å². The van der Waals surface area contributed by atoms with E-state index in [-0.39, 0.29) is 11.9 Å². The molecule has 0 amide bonds. The maximum atomic E-state index is 10.9. The molecule has 1 unspecified atom stereocenters. The lowest BCUT2D eigenvalue weighted by molar-refractivity contribution is -0.933. The first-order chi connectivity index (χ1) is 12.0. The van der Waals surface area contributed by atoms with Gasteiger partial charge >= 0.3 is 0 Å². The lowest BCUT2D eigenvalue weighted by Gasteiger charge is -2.34. The number of nitrogens with zero attached hydrogens (tertiary/aromatic N) is 3. The normalized spacial score (nSPS) is 22.4. The molecule has 6 heteroatoms. The van der Waals surface area contributed by atoms with Crippen LogP contribution in [0, 0.1) is 19.8 Å². The van der Waals surface area contributed by atoms with Crippen LogP contribution in [0.3, 0.4) is 0 Å². The average Bonchev–Trinajstić information content (AvgIpc) is 3.08. The average molecular weight is 358 g/mol. The van der Waals surface area contributed by atoms with Gasteiger partial charge in [0.2, 0.25) is 10.8 Å². The van der Waals surface area contributed by atoms with Gasteiger partial charge in [-0.15, -0.1) is 5.10 Å². The van der Waals surface area contributed by atoms with Gasteiger partial charge < -0.3 is 10.0 Å². The monoisotopic (exact) mass is 357 g/mol. The Balaban J connectivity index is 1.85. The topological polar surface area (TPSA) is 54.9 Å². The lowest BCUT2D eigenvalue weighted by Crippen LogP contribution is -3.13. The highest BCUT2D eigenvalue weighted by Gasteiger charge is 2.35. The molecule has 5 nitrogen and oxygen atoms in total. The second-order valence-electron chi connectivity index (χ2n) is 7.29. The molecule has 2 aromatic heterocycles. The molecule has 25 heavy (non-hydrogen) atoms. The van der Waals surface area contributed by atoms with Gasteiger partial charge in [0.05, 0.1) is 13.1 Å². The van der Waals surface area contributed by atoms with E-state index in [2.05, 4.69) is 48.2 Å². The van der Waals surface area contributed by atoms with Crippen LogP contribution in [0.1, 0.15) is 47.6 Å². The minimum Gasteiger partial charge on any atom is -0.492 e. The van der Waals surface area contributed by atoms with Crippen LogP contribution in [0.5, 0.6) is 5.88 Å². The molecule has 3 atom stereocenters. The van der Waals surface area contributed by atoms with Gasteiger partial charge in [0.25, 0.3) is 0 Å². The van der Waals surface area contributed by atoms with Gasteiger partial charge in [0.1, 0.15) is 10.7 Å². The molecular formula is C19H25N4OS+. The number of nitrogens with one attached hydrogen (secondary N) is 1. The lowest BCUT2D eigenvalue weighted by atomic mass is 9.93. The molecule has 0 bridgehead atoms. The molecule has 1 fully saturated rings. The summed E-state index contributed by atoms with van der Waals surface area (Å²) in [6.07, 6.45) is 2.53. The minimum atomic E-state index is 0.137. The molecule has 0 saturated carbocycles. The fourth-order valence-electron chi connectivity index (χ4n) is 4.08. The summed E-state index contributed by atoms with van der Waals surface area (Å²) in [4.78, 5) is 7.74. The summed E-state index contributed by atoms with van der Waals surface area (Å²) >= 11 is 1.57. The van der Waals surface area contributed by atoms with Crippen LogP contribution in [0.25, 0.3) is 4.96 Å². The van der Waals surface area contributed by atoms with Crippen LogP contribution in [0.4, 0.5) is 0 Å². The Morgan fingerprint density at radius 1 is 1.32 bits per heavy atom. The molecule has 3 heterocycles. The Labute approximate surface area is 151 Å². The van der Waals surface area contributed by atoms with Gasteiger partial charge in [-0.05, 0) is 32.3 Å². The van der Waals surface area contributed by atoms with Crippen molar-refractivity contribution in [1.82, 2.24) is 14.6 Å². The number of aryl methyl sites for hydroxylation is 2. The van der Waals surface area contributed by atoms with Gasteiger partial charge in [-0.2, -0.15) is 4.52 Å². The number of rotatable bonds is 3. The molecule has 2 N–H and O–H groups in total. The van der Waals surface area contributed by atoms with Crippen molar-refractivity contribution in [3.05, 3.63) is 46.1 Å². The van der Waals surface area contributed by atoms with Crippen LogP contribution >= 0.6 is 11.3 Å². The van der Waals surface area contributed by atoms with E-state index in [1.807, 2.05) is 6.92 Å². The predicted octanol–water partition coefficient (Wildman–Crippen LogP) is 2.52. The quantitative estimate of drug-likeness (QED) is 0.757. The number of likely N-dealkylation sites (tertiary alicyclic amines) is 1. The van der Waals surface area contributed by atoms with Crippen molar-refractivity contribution < 1.29 is 10.0 Å². The highest BCUT2D eigenvalue weighted by molar-refractivity contribution is 7.17. The van der Waals surface area contributed by atoms with E-state index in [1.54, 1.807) is 15.9 Å². The van der Waals surface area contributed by atoms with Crippen molar-refractivity contribution in [2.24, 2.45) is 5.92 Å². The molecule has 1 saturated heterocycles. The van der Waals surface area contributed by atoms with Gasteiger partial charge in [-0.1, -0.05) is 42.5 Å². The molecule has 1 aromatic carbocycles. The summed E-state index contributed by atoms with van der Waals surface area (Å²) in [5.41, 5.74) is 2.57. The third-order valence-electron chi connectivity index (χ3n) is 5.28. The van der Waals surface area contributed by atoms with Gasteiger partial charge in [-0.3, -0.25) is 0 Å². The van der Waals surface area contributed by atoms with Crippen LogP contribution in [-0.2, 0) is 0 Å². The standard InChI is InChI=1S/C19H24N4OS/c1-12-7-6-10-22(11-12)16(15-9-5-4-8-13(15)2)17-18(24)23-19(25-17)20-14(3)21-23/h4-5,8-9,12,16,24H,6-7,10-11H2,1-3H3/p+1/t12-,16+/m0/s1. The van der Waals surface area contributed by atoms with Crippen molar-refractivity contribution in [3.8, 4) is 5.88 Å². The number of hydrogen-bond acceptors (Lipinski definition) is 4. The van der Waals surface area contributed by atoms with Crippen molar-refractivity contribution in [2.45, 2.75) is 39.7 Å². The summed E-state index contributed by atoms with van der Waals surface area (Å²) < 4.78 is 1.59.